The number of carboxylic acids is 2. The van der Waals surface area contributed by atoms with Gasteiger partial charge in [-0.05, 0) is 42.7 Å². The summed E-state index contributed by atoms with van der Waals surface area (Å²) >= 11 is 0. The van der Waals surface area contributed by atoms with Gasteiger partial charge in [0.05, 0.1) is 12.5 Å². The summed E-state index contributed by atoms with van der Waals surface area (Å²) in [6.07, 6.45) is 0.743. The molecular weight excluding hydrogens is 474 g/mol. The Labute approximate surface area is 204 Å². The van der Waals surface area contributed by atoms with Gasteiger partial charge in [-0.15, -0.1) is 0 Å². The lowest BCUT2D eigenvalue weighted by Crippen LogP contribution is -2.41. The number of nitrogens with one attached hydrogen (secondary N) is 2. The molecule has 0 saturated carbocycles. The fourth-order valence-corrected chi connectivity index (χ4v) is 3.57. The highest BCUT2D eigenvalue weighted by molar-refractivity contribution is 5.97. The second-order valence-corrected chi connectivity index (χ2v) is 7.72. The van der Waals surface area contributed by atoms with Crippen molar-refractivity contribution in [2.75, 3.05) is 30.0 Å². The number of anilines is 3. The van der Waals surface area contributed by atoms with Crippen molar-refractivity contribution in [3.8, 4) is 0 Å². The van der Waals surface area contributed by atoms with E-state index in [-0.39, 0.29) is 30.3 Å². The molecule has 2 amide bonds. The van der Waals surface area contributed by atoms with Crippen LogP contribution in [0.2, 0.25) is 0 Å². The summed E-state index contributed by atoms with van der Waals surface area (Å²) in [4.78, 5) is 59.4. The summed E-state index contributed by atoms with van der Waals surface area (Å²) in [5.74, 6) is -2.97. The maximum absolute atomic E-state index is 12.5. The number of nitrogens with two attached hydrogens (primary N) is 2. The minimum atomic E-state index is -1.36. The minimum Gasteiger partial charge on any atom is -0.481 e. The summed E-state index contributed by atoms with van der Waals surface area (Å²) in [6.45, 7) is 0.186. The molecule has 0 unspecified atom stereocenters. The van der Waals surface area contributed by atoms with Crippen molar-refractivity contribution in [2.24, 2.45) is 0 Å². The number of carbonyl (C=O) groups is 4. The number of fused-ring (bicyclic) bond motifs is 1. The number of benzene rings is 1. The van der Waals surface area contributed by atoms with E-state index in [1.165, 1.54) is 36.3 Å². The molecule has 0 aliphatic heterocycles. The molecule has 1 atom stereocenters. The number of H-pyrrole nitrogens is 1. The number of hydrogen-bond acceptors (Lipinski definition) is 9. The second-order valence-electron chi connectivity index (χ2n) is 7.72. The predicted octanol–water partition coefficient (Wildman–Crippen LogP) is 0.986. The van der Waals surface area contributed by atoms with Gasteiger partial charge in [0.1, 0.15) is 17.5 Å². The lowest BCUT2D eigenvalue weighted by molar-refractivity contribution is -0.140. The standard InChI is InChI=1S/C22H25N7O7/c1-36-22(35)29(9-8-12-10-25-18-16(12)17(23)27-21(24)28-18)13-4-2-11(3-5-13)19(32)26-14(20(33)34)6-7-15(30)31/h2-5,10,14H,6-9H2,1H3,(H,26,32)(H,30,31)(H,33,34)(H5,23,24,25,27,28)/t14-/m0/s1. The maximum atomic E-state index is 12.5. The predicted molar refractivity (Wildman–Crippen MR) is 128 cm³/mol. The van der Waals surface area contributed by atoms with Crippen LogP contribution in [-0.2, 0) is 20.7 Å². The van der Waals surface area contributed by atoms with Crippen molar-refractivity contribution in [3.63, 3.8) is 0 Å². The fraction of sp³-hybridized carbons (Fsp3) is 0.273. The van der Waals surface area contributed by atoms with Crippen molar-refractivity contribution in [1.82, 2.24) is 20.3 Å². The van der Waals surface area contributed by atoms with E-state index in [9.17, 15) is 24.3 Å². The normalized spacial score (nSPS) is 11.6. The van der Waals surface area contributed by atoms with Crippen LogP contribution in [0.1, 0.15) is 28.8 Å². The molecule has 0 aliphatic rings. The molecule has 36 heavy (non-hydrogen) atoms. The third-order valence-electron chi connectivity index (χ3n) is 5.35. The third kappa shape index (κ3) is 5.97. The highest BCUT2D eigenvalue weighted by atomic mass is 16.5. The average Bonchev–Trinajstić information content (AvgIpc) is 3.24. The molecule has 0 saturated heterocycles. The van der Waals surface area contributed by atoms with Gasteiger partial charge in [0.25, 0.3) is 5.91 Å². The van der Waals surface area contributed by atoms with E-state index in [2.05, 4.69) is 20.3 Å². The molecule has 2 heterocycles. The van der Waals surface area contributed by atoms with E-state index < -0.39 is 36.4 Å². The van der Waals surface area contributed by atoms with Gasteiger partial charge in [-0.25, -0.2) is 9.59 Å². The average molecular weight is 499 g/mol. The zero-order chi connectivity index (χ0) is 26.4. The quantitative estimate of drug-likeness (QED) is 0.230. The highest BCUT2D eigenvalue weighted by Crippen LogP contribution is 2.24. The monoisotopic (exact) mass is 499 g/mol. The number of nitrogen functional groups attached to an aromatic ring is 2. The van der Waals surface area contributed by atoms with Crippen LogP contribution in [0.4, 0.5) is 22.2 Å². The maximum Gasteiger partial charge on any atom is 0.414 e. The number of aromatic amines is 1. The minimum absolute atomic E-state index is 0.0327. The van der Waals surface area contributed by atoms with Crippen molar-refractivity contribution in [2.45, 2.75) is 25.3 Å². The molecule has 0 aliphatic carbocycles. The van der Waals surface area contributed by atoms with Crippen molar-refractivity contribution in [1.29, 1.82) is 0 Å². The van der Waals surface area contributed by atoms with Crippen LogP contribution < -0.4 is 21.7 Å². The second kappa shape index (κ2) is 11.0. The highest BCUT2D eigenvalue weighted by Gasteiger charge is 2.23. The molecule has 0 bridgehead atoms. The van der Waals surface area contributed by atoms with Crippen molar-refractivity contribution >= 4 is 52.4 Å². The summed E-state index contributed by atoms with van der Waals surface area (Å²) in [6, 6.07) is 4.48. The Hall–Kier alpha value is -4.88. The first-order chi connectivity index (χ1) is 17.1. The summed E-state index contributed by atoms with van der Waals surface area (Å²) in [5, 5.41) is 20.9. The number of methoxy groups -OCH3 is 1. The zero-order valence-electron chi connectivity index (χ0n) is 19.2. The zero-order valence-corrected chi connectivity index (χ0v) is 19.2. The lowest BCUT2D eigenvalue weighted by atomic mass is 10.1. The van der Waals surface area contributed by atoms with Crippen LogP contribution in [0.25, 0.3) is 11.0 Å². The van der Waals surface area contributed by atoms with Gasteiger partial charge in [0.2, 0.25) is 5.95 Å². The number of nitrogens with zero attached hydrogens (tertiary/aromatic N) is 3. The van der Waals surface area contributed by atoms with E-state index in [1.54, 1.807) is 6.20 Å². The van der Waals surface area contributed by atoms with Gasteiger partial charge in [-0.3, -0.25) is 14.5 Å². The number of carboxylic acid groups (broad SMARTS) is 2. The summed E-state index contributed by atoms with van der Waals surface area (Å²) < 4.78 is 4.89. The molecule has 14 nitrogen and oxygen atoms in total. The first-order valence-electron chi connectivity index (χ1n) is 10.7. The van der Waals surface area contributed by atoms with Crippen LogP contribution in [-0.4, -0.2) is 68.8 Å². The number of hydrogen-bond donors (Lipinski definition) is 6. The van der Waals surface area contributed by atoms with Crippen LogP contribution >= 0.6 is 0 Å². The number of carbonyl (C=O) groups excluding carboxylic acids is 2. The van der Waals surface area contributed by atoms with Gasteiger partial charge < -0.3 is 36.7 Å². The Morgan fingerprint density at radius 3 is 2.44 bits per heavy atom. The van der Waals surface area contributed by atoms with Crippen molar-refractivity contribution in [3.05, 3.63) is 41.6 Å². The van der Waals surface area contributed by atoms with Gasteiger partial charge in [0, 0.05) is 30.4 Å². The molecule has 1 aromatic carbocycles. The summed E-state index contributed by atoms with van der Waals surface area (Å²) in [5.41, 5.74) is 13.4. The van der Waals surface area contributed by atoms with Gasteiger partial charge >= 0.3 is 18.0 Å². The van der Waals surface area contributed by atoms with E-state index in [0.717, 1.165) is 5.56 Å². The molecule has 8 N–H and O–H groups in total. The summed E-state index contributed by atoms with van der Waals surface area (Å²) in [7, 11) is 1.24. The number of rotatable bonds is 10. The molecule has 3 aromatic rings. The fourth-order valence-electron chi connectivity index (χ4n) is 3.57. The molecule has 190 valence electrons. The number of amides is 2. The molecule has 3 rings (SSSR count). The third-order valence-corrected chi connectivity index (χ3v) is 5.35. The van der Waals surface area contributed by atoms with E-state index in [4.69, 9.17) is 21.3 Å². The Morgan fingerprint density at radius 2 is 1.83 bits per heavy atom. The Bertz CT molecular complexity index is 1290. The first kappa shape index (κ1) is 25.7. The van der Waals surface area contributed by atoms with E-state index in [0.29, 0.717) is 23.1 Å². The lowest BCUT2D eigenvalue weighted by Gasteiger charge is -2.21. The Kier molecular flexibility index (Phi) is 7.89. The number of aromatic nitrogens is 3. The van der Waals surface area contributed by atoms with Gasteiger partial charge in [-0.2, -0.15) is 9.97 Å². The van der Waals surface area contributed by atoms with Crippen LogP contribution in [0.3, 0.4) is 0 Å². The van der Waals surface area contributed by atoms with E-state index in [1.807, 2.05) is 0 Å². The Morgan fingerprint density at radius 1 is 1.14 bits per heavy atom. The van der Waals surface area contributed by atoms with Crippen LogP contribution in [0.5, 0.6) is 0 Å². The van der Waals surface area contributed by atoms with Gasteiger partial charge in [0.15, 0.2) is 0 Å². The topological polar surface area (TPSA) is 227 Å². The molecule has 0 radical (unpaired) electrons. The van der Waals surface area contributed by atoms with Crippen molar-refractivity contribution < 1.29 is 34.1 Å². The first-order valence-corrected chi connectivity index (χ1v) is 10.7. The SMILES string of the molecule is COC(=O)N(CCc1c[nH]c2nc(N)nc(N)c12)c1ccc(C(=O)N[C@@H](CCC(=O)O)C(=O)O)cc1. The molecule has 14 heteroatoms. The van der Waals surface area contributed by atoms with Crippen LogP contribution in [0, 0.1) is 0 Å². The van der Waals surface area contributed by atoms with Crippen LogP contribution in [0.15, 0.2) is 30.5 Å². The number of aliphatic carboxylic acids is 2. The molecule has 0 spiro atoms. The Balaban J connectivity index is 1.74. The molecular formula is C22H25N7O7. The molecule has 2 aromatic heterocycles. The van der Waals surface area contributed by atoms with Gasteiger partial charge in [-0.1, -0.05) is 0 Å². The molecule has 0 fully saturated rings. The van der Waals surface area contributed by atoms with E-state index >= 15 is 0 Å². The largest absolute Gasteiger partial charge is 0.481 e. The smallest absolute Gasteiger partial charge is 0.414 e. The number of ether oxygens (including phenoxy) is 1.